The molecule has 2 amide bonds. The van der Waals surface area contributed by atoms with Crippen molar-refractivity contribution in [2.24, 2.45) is 5.92 Å². The molecule has 0 bridgehead atoms. The zero-order chi connectivity index (χ0) is 21.7. The van der Waals surface area contributed by atoms with Crippen LogP contribution in [0, 0.1) is 31.1 Å². The van der Waals surface area contributed by atoms with Crippen LogP contribution in [0.25, 0.3) is 0 Å². The third kappa shape index (κ3) is 5.01. The Kier molecular flexibility index (Phi) is 6.78. The van der Waals surface area contributed by atoms with Gasteiger partial charge in [-0.25, -0.2) is 9.78 Å². The molecule has 1 aliphatic heterocycles. The van der Waals surface area contributed by atoms with Crippen LogP contribution >= 0.6 is 0 Å². The number of urea groups is 1. The summed E-state index contributed by atoms with van der Waals surface area (Å²) in [5, 5.41) is 9.06. The third-order valence-corrected chi connectivity index (χ3v) is 5.51. The van der Waals surface area contributed by atoms with Crippen LogP contribution in [0.5, 0.6) is 5.75 Å². The minimum Gasteiger partial charge on any atom is -0.493 e. The van der Waals surface area contributed by atoms with Crippen LogP contribution in [0.4, 0.5) is 16.3 Å². The molecule has 0 spiro atoms. The SMILES string of the molecule is Cc1cc(C#N)cc(C)c1OCCC(C)CCN1CCN(c2ccnc(N)c2)C1=O. The minimum atomic E-state index is 0.0212. The van der Waals surface area contributed by atoms with Gasteiger partial charge in [0.05, 0.1) is 23.9 Å². The van der Waals surface area contributed by atoms with E-state index in [4.69, 9.17) is 15.7 Å². The molecule has 30 heavy (non-hydrogen) atoms. The number of hydrogen-bond acceptors (Lipinski definition) is 5. The van der Waals surface area contributed by atoms with Crippen molar-refractivity contribution in [1.29, 1.82) is 5.26 Å². The first-order chi connectivity index (χ1) is 14.4. The van der Waals surface area contributed by atoms with E-state index in [0.717, 1.165) is 42.0 Å². The van der Waals surface area contributed by atoms with Gasteiger partial charge in [0.1, 0.15) is 11.6 Å². The zero-order valence-corrected chi connectivity index (χ0v) is 17.9. The number of amides is 2. The molecule has 158 valence electrons. The lowest BCUT2D eigenvalue weighted by Gasteiger charge is -2.21. The lowest BCUT2D eigenvalue weighted by atomic mass is 10.0. The monoisotopic (exact) mass is 407 g/mol. The molecular weight excluding hydrogens is 378 g/mol. The van der Waals surface area contributed by atoms with Crippen molar-refractivity contribution in [2.75, 3.05) is 36.9 Å². The third-order valence-electron chi connectivity index (χ3n) is 5.51. The summed E-state index contributed by atoms with van der Waals surface area (Å²) in [5.41, 5.74) is 9.16. The number of nitrogen functional groups attached to an aromatic ring is 1. The summed E-state index contributed by atoms with van der Waals surface area (Å²) in [6.07, 6.45) is 3.46. The van der Waals surface area contributed by atoms with Gasteiger partial charge in [0.15, 0.2) is 0 Å². The van der Waals surface area contributed by atoms with E-state index >= 15 is 0 Å². The summed E-state index contributed by atoms with van der Waals surface area (Å²) in [6, 6.07) is 9.44. The summed E-state index contributed by atoms with van der Waals surface area (Å²) in [7, 11) is 0. The molecule has 7 heteroatoms. The van der Waals surface area contributed by atoms with Crippen LogP contribution in [-0.4, -0.2) is 42.2 Å². The van der Waals surface area contributed by atoms with Gasteiger partial charge in [0.2, 0.25) is 0 Å². The molecule has 2 aromatic rings. The summed E-state index contributed by atoms with van der Waals surface area (Å²) >= 11 is 0. The van der Waals surface area contributed by atoms with Gasteiger partial charge in [-0.3, -0.25) is 4.90 Å². The Balaban J connectivity index is 1.45. The molecule has 1 saturated heterocycles. The Morgan fingerprint density at radius 3 is 2.63 bits per heavy atom. The van der Waals surface area contributed by atoms with Crippen LogP contribution in [0.2, 0.25) is 0 Å². The molecule has 0 radical (unpaired) electrons. The highest BCUT2D eigenvalue weighted by atomic mass is 16.5. The van der Waals surface area contributed by atoms with Crippen LogP contribution < -0.4 is 15.4 Å². The predicted octanol–water partition coefficient (Wildman–Crippen LogP) is 3.89. The van der Waals surface area contributed by atoms with Crippen LogP contribution in [0.15, 0.2) is 30.5 Å². The van der Waals surface area contributed by atoms with E-state index in [2.05, 4.69) is 18.0 Å². The molecule has 0 aliphatic carbocycles. The van der Waals surface area contributed by atoms with Crippen molar-refractivity contribution in [3.63, 3.8) is 0 Å². The second-order valence-electron chi connectivity index (χ2n) is 7.94. The van der Waals surface area contributed by atoms with E-state index in [-0.39, 0.29) is 6.03 Å². The van der Waals surface area contributed by atoms with Gasteiger partial charge in [-0.05, 0) is 61.9 Å². The zero-order valence-electron chi connectivity index (χ0n) is 17.9. The number of aromatic nitrogens is 1. The molecule has 1 fully saturated rings. The molecule has 1 unspecified atom stereocenters. The first kappa shape index (κ1) is 21.4. The Morgan fingerprint density at radius 1 is 1.23 bits per heavy atom. The summed E-state index contributed by atoms with van der Waals surface area (Å²) in [5.74, 6) is 1.71. The number of carbonyl (C=O) groups is 1. The first-order valence-electron chi connectivity index (χ1n) is 10.3. The molecule has 1 aliphatic rings. The molecule has 1 atom stereocenters. The van der Waals surface area contributed by atoms with Gasteiger partial charge < -0.3 is 15.4 Å². The Bertz CT molecular complexity index is 930. The van der Waals surface area contributed by atoms with Crippen molar-refractivity contribution in [3.8, 4) is 11.8 Å². The number of nitrogens with zero attached hydrogens (tertiary/aromatic N) is 4. The van der Waals surface area contributed by atoms with Gasteiger partial charge >= 0.3 is 6.03 Å². The Labute approximate surface area is 178 Å². The average Bonchev–Trinajstić information content (AvgIpc) is 3.08. The number of pyridine rings is 1. The van der Waals surface area contributed by atoms with Crippen molar-refractivity contribution in [2.45, 2.75) is 33.6 Å². The lowest BCUT2D eigenvalue weighted by molar-refractivity contribution is 0.214. The molecule has 1 aromatic heterocycles. The Morgan fingerprint density at radius 2 is 1.97 bits per heavy atom. The van der Waals surface area contributed by atoms with Gasteiger partial charge in [0.25, 0.3) is 0 Å². The smallest absolute Gasteiger partial charge is 0.324 e. The fraction of sp³-hybridized carbons (Fsp3) is 0.435. The normalized spacial score (nSPS) is 14.7. The second-order valence-corrected chi connectivity index (χ2v) is 7.94. The van der Waals surface area contributed by atoms with Crippen molar-refractivity contribution in [1.82, 2.24) is 9.88 Å². The van der Waals surface area contributed by atoms with Crippen molar-refractivity contribution >= 4 is 17.5 Å². The van der Waals surface area contributed by atoms with Crippen molar-refractivity contribution in [3.05, 3.63) is 47.2 Å². The number of ether oxygens (including phenoxy) is 1. The highest BCUT2D eigenvalue weighted by molar-refractivity contribution is 5.94. The van der Waals surface area contributed by atoms with Crippen LogP contribution in [0.3, 0.4) is 0 Å². The van der Waals surface area contributed by atoms with E-state index < -0.39 is 0 Å². The van der Waals surface area contributed by atoms with Crippen LogP contribution in [-0.2, 0) is 0 Å². The predicted molar refractivity (Wildman–Crippen MR) is 117 cm³/mol. The topological polar surface area (TPSA) is 95.5 Å². The standard InChI is InChI=1S/C23H29N5O2/c1-16(6-11-30-22-17(2)12-19(15-24)13-18(22)3)5-8-27-9-10-28(23(27)29)20-4-7-26-21(25)14-20/h4,7,12-14,16H,5-6,8-11H2,1-3H3,(H2,25,26). The molecule has 2 heterocycles. The van der Waals surface area contributed by atoms with Crippen molar-refractivity contribution < 1.29 is 9.53 Å². The molecule has 3 rings (SSSR count). The maximum atomic E-state index is 12.7. The van der Waals surface area contributed by atoms with Gasteiger partial charge in [-0.15, -0.1) is 0 Å². The molecule has 2 N–H and O–H groups in total. The molecule has 1 aromatic carbocycles. The lowest BCUT2D eigenvalue weighted by Crippen LogP contribution is -2.33. The number of rotatable bonds is 8. The molecule has 7 nitrogen and oxygen atoms in total. The summed E-state index contributed by atoms with van der Waals surface area (Å²) in [6.45, 7) is 8.84. The van der Waals surface area contributed by atoms with Gasteiger partial charge in [0, 0.05) is 31.9 Å². The number of anilines is 2. The molecular formula is C23H29N5O2. The fourth-order valence-corrected chi connectivity index (χ4v) is 3.76. The first-order valence-corrected chi connectivity index (χ1v) is 10.3. The number of carbonyl (C=O) groups excluding carboxylic acids is 1. The maximum Gasteiger partial charge on any atom is 0.324 e. The number of nitrogens with two attached hydrogens (primary N) is 1. The highest BCUT2D eigenvalue weighted by Gasteiger charge is 2.29. The Hall–Kier alpha value is -3.27. The molecule has 0 saturated carbocycles. The van der Waals surface area contributed by atoms with E-state index in [1.165, 1.54) is 0 Å². The van der Waals surface area contributed by atoms with Crippen LogP contribution in [0.1, 0.15) is 36.5 Å². The van der Waals surface area contributed by atoms with Gasteiger partial charge in [-0.1, -0.05) is 6.92 Å². The average molecular weight is 408 g/mol. The quantitative estimate of drug-likeness (QED) is 0.716. The summed E-state index contributed by atoms with van der Waals surface area (Å²) in [4.78, 5) is 20.3. The second kappa shape index (κ2) is 9.49. The number of nitriles is 1. The minimum absolute atomic E-state index is 0.0212. The van der Waals surface area contributed by atoms with E-state index in [1.807, 2.05) is 36.9 Å². The number of benzene rings is 1. The largest absolute Gasteiger partial charge is 0.493 e. The number of hydrogen-bond donors (Lipinski definition) is 1. The van der Waals surface area contributed by atoms with E-state index in [1.54, 1.807) is 17.2 Å². The highest BCUT2D eigenvalue weighted by Crippen LogP contribution is 2.26. The maximum absolute atomic E-state index is 12.7. The summed E-state index contributed by atoms with van der Waals surface area (Å²) < 4.78 is 6.00. The van der Waals surface area contributed by atoms with E-state index in [0.29, 0.717) is 37.0 Å². The van der Waals surface area contributed by atoms with Gasteiger partial charge in [-0.2, -0.15) is 5.26 Å². The van der Waals surface area contributed by atoms with E-state index in [9.17, 15) is 4.79 Å². The number of aryl methyl sites for hydroxylation is 2. The fourth-order valence-electron chi connectivity index (χ4n) is 3.76.